The lowest BCUT2D eigenvalue weighted by Crippen LogP contribution is -2.57. The van der Waals surface area contributed by atoms with Crippen LogP contribution in [0.5, 0.6) is 0 Å². The quantitative estimate of drug-likeness (QED) is 0.525. The van der Waals surface area contributed by atoms with Crippen LogP contribution < -0.4 is 0 Å². The number of ether oxygens (including phenoxy) is 1. The van der Waals surface area contributed by atoms with Gasteiger partial charge >= 0.3 is 0 Å². The first kappa shape index (κ1) is 13.9. The molecule has 0 spiro atoms. The summed E-state index contributed by atoms with van der Waals surface area (Å²) in [6.45, 7) is 3.72. The molecule has 5 unspecified atom stereocenters. The molecule has 5 atom stereocenters. The first-order valence-corrected chi connectivity index (χ1v) is 5.87. The summed E-state index contributed by atoms with van der Waals surface area (Å²) in [6, 6.07) is 0. The van der Waals surface area contributed by atoms with E-state index in [0.717, 1.165) is 12.8 Å². The lowest BCUT2D eigenvalue weighted by atomic mass is 9.77. The highest BCUT2D eigenvalue weighted by atomic mass is 16.6. The highest BCUT2D eigenvalue weighted by Crippen LogP contribution is 2.34. The minimum absolute atomic E-state index is 0.161. The molecule has 0 aromatic heterocycles. The fourth-order valence-corrected chi connectivity index (χ4v) is 2.55. The molecule has 0 radical (unpaired) electrons. The van der Waals surface area contributed by atoms with Crippen molar-refractivity contribution in [3.05, 3.63) is 0 Å². The average Bonchev–Trinajstić information content (AvgIpc) is 2.29. The van der Waals surface area contributed by atoms with Crippen LogP contribution in [0.4, 0.5) is 0 Å². The Bertz CT molecular complexity index is 205. The van der Waals surface area contributed by atoms with Crippen LogP contribution in [0.2, 0.25) is 0 Å². The second-order valence-corrected chi connectivity index (χ2v) is 4.38. The highest BCUT2D eigenvalue weighted by molar-refractivity contribution is 4.91. The molecule has 0 aromatic rings. The van der Waals surface area contributed by atoms with E-state index in [2.05, 4.69) is 0 Å². The Morgan fingerprint density at radius 1 is 1.06 bits per heavy atom. The molecule has 0 aliphatic carbocycles. The molecule has 0 saturated carbocycles. The smallest absolute Gasteiger partial charge is 0.183 e. The van der Waals surface area contributed by atoms with E-state index in [1.165, 1.54) is 0 Å². The second kappa shape index (κ2) is 5.93. The van der Waals surface area contributed by atoms with Crippen LogP contribution in [0, 0.1) is 11.8 Å². The Hall–Kier alpha value is -0.200. The molecular weight excluding hydrogens is 212 g/mol. The van der Waals surface area contributed by atoms with E-state index in [9.17, 15) is 20.4 Å². The molecule has 1 fully saturated rings. The zero-order valence-electron chi connectivity index (χ0n) is 9.78. The Labute approximate surface area is 95.7 Å². The van der Waals surface area contributed by atoms with Crippen LogP contribution in [-0.2, 0) is 4.74 Å². The summed E-state index contributed by atoms with van der Waals surface area (Å²) < 4.78 is 5.11. The SMILES string of the molecule is CCC(CC)C1C(CO)OC(O)C(O)C1O. The molecule has 0 amide bonds. The van der Waals surface area contributed by atoms with E-state index in [0.29, 0.717) is 0 Å². The summed E-state index contributed by atoms with van der Waals surface area (Å²) in [7, 11) is 0. The lowest BCUT2D eigenvalue weighted by molar-refractivity contribution is -0.281. The van der Waals surface area contributed by atoms with Gasteiger partial charge in [0.25, 0.3) is 0 Å². The van der Waals surface area contributed by atoms with Crippen LogP contribution in [0.15, 0.2) is 0 Å². The molecule has 1 rings (SSSR count). The molecule has 1 aliphatic heterocycles. The predicted octanol–water partition coefficient (Wildman–Crippen LogP) is -0.530. The average molecular weight is 234 g/mol. The minimum atomic E-state index is -1.42. The van der Waals surface area contributed by atoms with Crippen LogP contribution in [0.25, 0.3) is 0 Å². The largest absolute Gasteiger partial charge is 0.394 e. The van der Waals surface area contributed by atoms with Crippen molar-refractivity contribution in [3.8, 4) is 0 Å². The summed E-state index contributed by atoms with van der Waals surface area (Å²) >= 11 is 0. The van der Waals surface area contributed by atoms with Crippen molar-refractivity contribution in [3.63, 3.8) is 0 Å². The van der Waals surface area contributed by atoms with Crippen molar-refractivity contribution >= 4 is 0 Å². The normalized spacial score (nSPS) is 40.3. The van der Waals surface area contributed by atoms with Gasteiger partial charge in [0.2, 0.25) is 0 Å². The molecule has 1 heterocycles. The number of aliphatic hydroxyl groups is 4. The van der Waals surface area contributed by atoms with Gasteiger partial charge in [0.05, 0.1) is 18.8 Å². The Morgan fingerprint density at radius 3 is 2.06 bits per heavy atom. The third kappa shape index (κ3) is 2.55. The Kier molecular flexibility index (Phi) is 5.14. The van der Waals surface area contributed by atoms with Gasteiger partial charge in [-0.25, -0.2) is 0 Å². The van der Waals surface area contributed by atoms with Gasteiger partial charge < -0.3 is 25.2 Å². The van der Waals surface area contributed by atoms with Crippen LogP contribution in [0.3, 0.4) is 0 Å². The van der Waals surface area contributed by atoms with Gasteiger partial charge in [-0.3, -0.25) is 0 Å². The van der Waals surface area contributed by atoms with Gasteiger partial charge in [-0.1, -0.05) is 26.7 Å². The molecule has 0 aromatic carbocycles. The number of hydrogen-bond donors (Lipinski definition) is 4. The summed E-state index contributed by atoms with van der Waals surface area (Å²) in [5.41, 5.74) is 0. The van der Waals surface area contributed by atoms with Crippen molar-refractivity contribution < 1.29 is 25.2 Å². The topological polar surface area (TPSA) is 90.2 Å². The zero-order chi connectivity index (χ0) is 12.3. The van der Waals surface area contributed by atoms with Gasteiger partial charge in [0, 0.05) is 5.92 Å². The Morgan fingerprint density at radius 2 is 1.62 bits per heavy atom. The first-order valence-electron chi connectivity index (χ1n) is 5.87. The van der Waals surface area contributed by atoms with Crippen molar-refractivity contribution in [2.75, 3.05) is 6.61 Å². The van der Waals surface area contributed by atoms with Crippen LogP contribution in [0.1, 0.15) is 26.7 Å². The van der Waals surface area contributed by atoms with Crippen LogP contribution >= 0.6 is 0 Å². The molecule has 96 valence electrons. The molecule has 4 N–H and O–H groups in total. The lowest BCUT2D eigenvalue weighted by Gasteiger charge is -2.43. The van der Waals surface area contributed by atoms with Crippen molar-refractivity contribution in [2.24, 2.45) is 11.8 Å². The molecule has 5 nitrogen and oxygen atoms in total. The molecule has 5 heteroatoms. The van der Waals surface area contributed by atoms with Gasteiger partial charge in [0.15, 0.2) is 6.29 Å². The van der Waals surface area contributed by atoms with E-state index < -0.39 is 24.6 Å². The summed E-state index contributed by atoms with van der Waals surface area (Å²) in [4.78, 5) is 0. The molecule has 0 bridgehead atoms. The van der Waals surface area contributed by atoms with E-state index in [4.69, 9.17) is 4.74 Å². The summed E-state index contributed by atoms with van der Waals surface area (Å²) in [6.07, 6.45) is -2.71. The summed E-state index contributed by atoms with van der Waals surface area (Å²) in [5.74, 6) is -0.173. The number of hydrogen-bond acceptors (Lipinski definition) is 5. The number of rotatable bonds is 4. The van der Waals surface area contributed by atoms with E-state index >= 15 is 0 Å². The van der Waals surface area contributed by atoms with Gasteiger partial charge in [-0.2, -0.15) is 0 Å². The monoisotopic (exact) mass is 234 g/mol. The van der Waals surface area contributed by atoms with Crippen molar-refractivity contribution in [1.29, 1.82) is 0 Å². The zero-order valence-corrected chi connectivity index (χ0v) is 9.78. The summed E-state index contributed by atoms with van der Waals surface area (Å²) in [5, 5.41) is 38.0. The maximum absolute atomic E-state index is 9.94. The third-order valence-corrected chi connectivity index (χ3v) is 3.55. The van der Waals surface area contributed by atoms with Crippen molar-refractivity contribution in [1.82, 2.24) is 0 Å². The molecule has 1 aliphatic rings. The van der Waals surface area contributed by atoms with E-state index in [-0.39, 0.29) is 18.4 Å². The van der Waals surface area contributed by atoms with Gasteiger partial charge in [-0.05, 0) is 5.92 Å². The number of aliphatic hydroxyl groups excluding tert-OH is 4. The fraction of sp³-hybridized carbons (Fsp3) is 1.00. The van der Waals surface area contributed by atoms with E-state index in [1.54, 1.807) is 0 Å². The molecule has 1 saturated heterocycles. The third-order valence-electron chi connectivity index (χ3n) is 3.55. The van der Waals surface area contributed by atoms with Gasteiger partial charge in [-0.15, -0.1) is 0 Å². The predicted molar refractivity (Wildman–Crippen MR) is 57.5 cm³/mol. The first-order chi connectivity index (χ1) is 7.56. The molecule has 16 heavy (non-hydrogen) atoms. The maximum atomic E-state index is 9.94. The second-order valence-electron chi connectivity index (χ2n) is 4.38. The Balaban J connectivity index is 2.84. The minimum Gasteiger partial charge on any atom is -0.394 e. The fourth-order valence-electron chi connectivity index (χ4n) is 2.55. The van der Waals surface area contributed by atoms with Crippen molar-refractivity contribution in [2.45, 2.75) is 51.3 Å². The van der Waals surface area contributed by atoms with Crippen LogP contribution in [-0.4, -0.2) is 51.6 Å². The standard InChI is InChI=1S/C11H22O5/c1-3-6(4-2)8-7(5-12)16-11(15)10(14)9(8)13/h6-15H,3-5H2,1-2H3. The van der Waals surface area contributed by atoms with E-state index in [1.807, 2.05) is 13.8 Å². The maximum Gasteiger partial charge on any atom is 0.183 e. The highest BCUT2D eigenvalue weighted by Gasteiger charge is 2.45. The van der Waals surface area contributed by atoms with Gasteiger partial charge in [0.1, 0.15) is 6.10 Å². The molecular formula is C11H22O5.